The molecule has 9 heteroatoms. The van der Waals surface area contributed by atoms with Gasteiger partial charge in [0.05, 0.1) is 24.4 Å². The lowest BCUT2D eigenvalue weighted by Crippen LogP contribution is -2.24. The monoisotopic (exact) mass is 416 g/mol. The fourth-order valence-electron chi connectivity index (χ4n) is 2.60. The normalized spacial score (nSPS) is 11.4. The van der Waals surface area contributed by atoms with Gasteiger partial charge in [0.15, 0.2) is 4.21 Å². The van der Waals surface area contributed by atoms with Gasteiger partial charge in [-0.1, -0.05) is 30.3 Å². The van der Waals surface area contributed by atoms with Crippen molar-refractivity contribution in [1.82, 2.24) is 20.0 Å². The van der Waals surface area contributed by atoms with Gasteiger partial charge < -0.3 is 5.32 Å². The van der Waals surface area contributed by atoms with E-state index in [2.05, 4.69) is 20.0 Å². The number of carbonyl (C=O) groups excluding carboxylic acids is 1. The van der Waals surface area contributed by atoms with Gasteiger partial charge in [-0.05, 0) is 31.7 Å². The topological polar surface area (TPSA) is 101 Å². The molecule has 7 nitrogen and oxygen atoms in total. The molecule has 0 aliphatic heterocycles. The zero-order valence-corrected chi connectivity index (χ0v) is 17.1. The van der Waals surface area contributed by atoms with E-state index in [-0.39, 0.29) is 23.1 Å². The van der Waals surface area contributed by atoms with Gasteiger partial charge in [-0.2, -0.15) is 0 Å². The predicted molar refractivity (Wildman–Crippen MR) is 108 cm³/mol. The Morgan fingerprint density at radius 1 is 1.14 bits per heavy atom. The molecule has 0 radical (unpaired) electrons. The Morgan fingerprint density at radius 3 is 2.54 bits per heavy atom. The number of hydrogen-bond acceptors (Lipinski definition) is 6. The second-order valence-electron chi connectivity index (χ2n) is 6.05. The van der Waals surface area contributed by atoms with E-state index in [4.69, 9.17) is 0 Å². The molecule has 0 bridgehead atoms. The quantitative estimate of drug-likeness (QED) is 0.615. The molecule has 2 aromatic heterocycles. The average Bonchev–Trinajstić information content (AvgIpc) is 3.09. The van der Waals surface area contributed by atoms with Gasteiger partial charge in [-0.25, -0.2) is 18.1 Å². The SMILES string of the molecule is CNS(=O)(=O)c1sc(CNC(=O)Cc2ccc(-c3ccccn3)cc2)nc1C. The highest BCUT2D eigenvalue weighted by atomic mass is 32.2. The van der Waals surface area contributed by atoms with Crippen molar-refractivity contribution in [2.45, 2.75) is 24.1 Å². The van der Waals surface area contributed by atoms with Crippen LogP contribution in [-0.2, 0) is 27.8 Å². The van der Waals surface area contributed by atoms with Gasteiger partial charge in [0.2, 0.25) is 5.91 Å². The fourth-order valence-corrected chi connectivity index (χ4v) is 4.93. The molecule has 0 unspecified atom stereocenters. The van der Waals surface area contributed by atoms with Crippen LogP contribution >= 0.6 is 11.3 Å². The number of aromatic nitrogens is 2. The zero-order valence-electron chi connectivity index (χ0n) is 15.5. The molecule has 3 rings (SSSR count). The molecule has 0 aliphatic carbocycles. The number of sulfonamides is 1. The number of amides is 1. The zero-order chi connectivity index (χ0) is 20.1. The maximum Gasteiger partial charge on any atom is 0.251 e. The maximum absolute atomic E-state index is 12.2. The Morgan fingerprint density at radius 2 is 1.89 bits per heavy atom. The molecule has 146 valence electrons. The van der Waals surface area contributed by atoms with Gasteiger partial charge in [0.1, 0.15) is 5.01 Å². The largest absolute Gasteiger partial charge is 0.349 e. The predicted octanol–water partition coefficient (Wildman–Crippen LogP) is 2.28. The Bertz CT molecular complexity index is 1060. The summed E-state index contributed by atoms with van der Waals surface area (Å²) in [5.74, 6) is -0.156. The molecule has 0 atom stereocenters. The minimum Gasteiger partial charge on any atom is -0.349 e. The van der Waals surface area contributed by atoms with Crippen molar-refractivity contribution in [3.05, 3.63) is 64.9 Å². The summed E-state index contributed by atoms with van der Waals surface area (Å²) < 4.78 is 26.3. The average molecular weight is 417 g/mol. The number of thiazole rings is 1. The summed E-state index contributed by atoms with van der Waals surface area (Å²) in [7, 11) is -2.18. The van der Waals surface area contributed by atoms with Crippen molar-refractivity contribution >= 4 is 27.3 Å². The summed E-state index contributed by atoms with van der Waals surface area (Å²) in [6.07, 6.45) is 1.97. The molecule has 1 amide bonds. The van der Waals surface area contributed by atoms with Crippen LogP contribution in [-0.4, -0.2) is 31.3 Å². The van der Waals surface area contributed by atoms with Crippen LogP contribution in [0.3, 0.4) is 0 Å². The van der Waals surface area contributed by atoms with Gasteiger partial charge in [-0.3, -0.25) is 9.78 Å². The summed E-state index contributed by atoms with van der Waals surface area (Å²) in [4.78, 5) is 20.7. The van der Waals surface area contributed by atoms with E-state index in [1.165, 1.54) is 7.05 Å². The number of nitrogens with zero attached hydrogens (tertiary/aromatic N) is 2. The number of benzene rings is 1. The molecule has 28 heavy (non-hydrogen) atoms. The van der Waals surface area contributed by atoms with Crippen molar-refractivity contribution in [2.75, 3.05) is 7.05 Å². The first-order valence-electron chi connectivity index (χ1n) is 8.56. The summed E-state index contributed by atoms with van der Waals surface area (Å²) in [5.41, 5.74) is 3.17. The van der Waals surface area contributed by atoms with Gasteiger partial charge in [0, 0.05) is 11.8 Å². The first-order chi connectivity index (χ1) is 13.4. The number of rotatable bonds is 7. The number of hydrogen-bond donors (Lipinski definition) is 2. The highest BCUT2D eigenvalue weighted by Gasteiger charge is 2.20. The van der Waals surface area contributed by atoms with Crippen LogP contribution < -0.4 is 10.0 Å². The van der Waals surface area contributed by atoms with E-state index < -0.39 is 10.0 Å². The molecule has 0 fully saturated rings. The van der Waals surface area contributed by atoms with Gasteiger partial charge in [0.25, 0.3) is 10.0 Å². The fraction of sp³-hybridized carbons (Fsp3) is 0.211. The molecule has 0 spiro atoms. The number of nitrogens with one attached hydrogen (secondary N) is 2. The van der Waals surface area contributed by atoms with E-state index in [0.29, 0.717) is 10.7 Å². The third-order valence-corrected chi connectivity index (χ3v) is 7.21. The van der Waals surface area contributed by atoms with Crippen molar-refractivity contribution in [3.8, 4) is 11.3 Å². The van der Waals surface area contributed by atoms with E-state index in [9.17, 15) is 13.2 Å². The first-order valence-corrected chi connectivity index (χ1v) is 10.9. The third-order valence-electron chi connectivity index (χ3n) is 4.03. The van der Waals surface area contributed by atoms with Crippen LogP contribution in [0.5, 0.6) is 0 Å². The Kier molecular flexibility index (Phi) is 6.18. The van der Waals surface area contributed by atoms with Crippen molar-refractivity contribution in [3.63, 3.8) is 0 Å². The van der Waals surface area contributed by atoms with Gasteiger partial charge in [-0.15, -0.1) is 11.3 Å². The molecular weight excluding hydrogens is 396 g/mol. The van der Waals surface area contributed by atoms with E-state index in [1.54, 1.807) is 13.1 Å². The summed E-state index contributed by atoms with van der Waals surface area (Å²) in [6, 6.07) is 13.4. The molecule has 2 N–H and O–H groups in total. The minimum atomic E-state index is -3.53. The third kappa shape index (κ3) is 4.80. The van der Waals surface area contributed by atoms with Crippen LogP contribution in [0.15, 0.2) is 52.9 Å². The van der Waals surface area contributed by atoms with Crippen LogP contribution in [0.4, 0.5) is 0 Å². The first kappa shape index (κ1) is 20.1. The molecule has 1 aromatic carbocycles. The van der Waals surface area contributed by atoms with Crippen LogP contribution in [0.2, 0.25) is 0 Å². The second-order valence-corrected chi connectivity index (χ2v) is 9.22. The van der Waals surface area contributed by atoms with E-state index in [1.807, 2.05) is 42.5 Å². The summed E-state index contributed by atoms with van der Waals surface area (Å²) in [6.45, 7) is 1.82. The maximum atomic E-state index is 12.2. The van der Waals surface area contributed by atoms with Crippen LogP contribution in [0.25, 0.3) is 11.3 Å². The molecule has 0 saturated heterocycles. The second kappa shape index (κ2) is 8.59. The minimum absolute atomic E-state index is 0.156. The number of aryl methyl sites for hydroxylation is 1. The van der Waals surface area contributed by atoms with Crippen molar-refractivity contribution in [2.24, 2.45) is 0 Å². The van der Waals surface area contributed by atoms with E-state index >= 15 is 0 Å². The summed E-state index contributed by atoms with van der Waals surface area (Å²) in [5, 5.41) is 3.33. The van der Waals surface area contributed by atoms with Crippen molar-refractivity contribution < 1.29 is 13.2 Å². The highest BCUT2D eigenvalue weighted by molar-refractivity contribution is 7.91. The highest BCUT2D eigenvalue weighted by Crippen LogP contribution is 2.23. The molecular formula is C19H20N4O3S2. The standard InChI is InChI=1S/C19H20N4O3S2/c1-13-19(28(25,26)20-2)27-18(23-13)12-22-17(24)11-14-6-8-15(9-7-14)16-5-3-4-10-21-16/h3-10,20H,11-12H2,1-2H3,(H,22,24). The van der Waals surface area contributed by atoms with Gasteiger partial charge >= 0.3 is 0 Å². The number of pyridine rings is 1. The Labute approximate surface area is 167 Å². The lowest BCUT2D eigenvalue weighted by Gasteiger charge is -2.05. The van der Waals surface area contributed by atoms with Crippen molar-refractivity contribution in [1.29, 1.82) is 0 Å². The smallest absolute Gasteiger partial charge is 0.251 e. The van der Waals surface area contributed by atoms with Crippen LogP contribution in [0, 0.1) is 6.92 Å². The molecule has 0 aliphatic rings. The van der Waals surface area contributed by atoms with E-state index in [0.717, 1.165) is 28.2 Å². The van der Waals surface area contributed by atoms with Crippen LogP contribution in [0.1, 0.15) is 16.3 Å². The molecule has 2 heterocycles. The lowest BCUT2D eigenvalue weighted by molar-refractivity contribution is -0.120. The summed E-state index contributed by atoms with van der Waals surface area (Å²) >= 11 is 1.06. The molecule has 3 aromatic rings. The lowest BCUT2D eigenvalue weighted by atomic mass is 10.1. The Balaban J connectivity index is 1.58. The Hall–Kier alpha value is -2.62. The number of carbonyl (C=O) groups is 1. The molecule has 0 saturated carbocycles.